The second-order valence-electron chi connectivity index (χ2n) is 8.97. The molecule has 0 fully saturated rings. The highest BCUT2D eigenvalue weighted by Gasteiger charge is 2.68. The van der Waals surface area contributed by atoms with Gasteiger partial charge in [-0.25, -0.2) is 0 Å². The highest BCUT2D eigenvalue weighted by atomic mass is 16.8. The number of benzene rings is 2. The molecule has 0 N–H and O–H groups in total. The molecule has 0 radical (unpaired) electrons. The molecule has 11 nitrogen and oxygen atoms in total. The summed E-state index contributed by atoms with van der Waals surface area (Å²) in [5.41, 5.74) is 0.769. The Hall–Kier alpha value is -5.06. The van der Waals surface area contributed by atoms with E-state index < -0.39 is 43.9 Å². The zero-order valence-corrected chi connectivity index (χ0v) is 19.8. The summed E-state index contributed by atoms with van der Waals surface area (Å²) in [6.07, 6.45) is 7.65. The minimum absolute atomic E-state index is 0.150. The lowest BCUT2D eigenvalue weighted by molar-refractivity contribution is -0.566. The van der Waals surface area contributed by atoms with Gasteiger partial charge in [0.15, 0.2) is 11.5 Å². The van der Waals surface area contributed by atoms with E-state index in [4.69, 9.17) is 9.47 Å². The van der Waals surface area contributed by atoms with Gasteiger partial charge < -0.3 is 9.47 Å². The summed E-state index contributed by atoms with van der Waals surface area (Å²) < 4.78 is 12.3. The molecule has 2 aromatic carbocycles. The van der Waals surface area contributed by atoms with Crippen LogP contribution < -0.4 is 0 Å². The summed E-state index contributed by atoms with van der Waals surface area (Å²) in [7, 11) is 0. The maximum absolute atomic E-state index is 12.2. The van der Waals surface area contributed by atoms with Crippen molar-refractivity contribution in [2.45, 2.75) is 24.7 Å². The van der Waals surface area contributed by atoms with E-state index in [1.54, 1.807) is 6.08 Å². The lowest BCUT2D eigenvalue weighted by atomic mass is 9.95. The summed E-state index contributed by atoms with van der Waals surface area (Å²) in [6.45, 7) is 0. The number of nitro groups is 3. The number of hydrogen-bond donors (Lipinski definition) is 0. The Balaban J connectivity index is 1.62. The van der Waals surface area contributed by atoms with Crippen molar-refractivity contribution in [3.63, 3.8) is 0 Å². The summed E-state index contributed by atoms with van der Waals surface area (Å²) in [6, 6.07) is 16.8. The lowest BCUT2D eigenvalue weighted by Crippen LogP contribution is -2.53. The molecule has 2 aromatic rings. The van der Waals surface area contributed by atoms with Crippen molar-refractivity contribution in [1.29, 1.82) is 0 Å². The molecule has 3 aliphatic rings. The van der Waals surface area contributed by atoms with Crippen LogP contribution in [0.25, 0.3) is 0 Å². The zero-order chi connectivity index (χ0) is 26.9. The molecule has 1 aliphatic heterocycles. The molecular formula is C27H21N3O8. The average Bonchev–Trinajstić information content (AvgIpc) is 3.21. The van der Waals surface area contributed by atoms with Gasteiger partial charge in [-0.1, -0.05) is 78.9 Å². The predicted octanol–water partition coefficient (Wildman–Crippen LogP) is 4.52. The largest absolute Gasteiger partial charge is 0.438 e. The van der Waals surface area contributed by atoms with Crippen LogP contribution in [0.2, 0.25) is 0 Å². The van der Waals surface area contributed by atoms with Gasteiger partial charge in [-0.2, -0.15) is 0 Å². The first-order chi connectivity index (χ1) is 18.3. The van der Waals surface area contributed by atoms with Crippen LogP contribution in [0.5, 0.6) is 0 Å². The summed E-state index contributed by atoms with van der Waals surface area (Å²) in [5.74, 6) is -2.65. The number of hydrogen-bond acceptors (Lipinski definition) is 8. The maximum atomic E-state index is 12.2. The Kier molecular flexibility index (Phi) is 6.33. The van der Waals surface area contributed by atoms with Crippen molar-refractivity contribution < 1.29 is 24.2 Å². The van der Waals surface area contributed by atoms with Gasteiger partial charge in [0.2, 0.25) is 0 Å². The molecule has 1 heterocycles. The molecule has 0 saturated carbocycles. The van der Waals surface area contributed by atoms with E-state index >= 15 is 0 Å². The fraction of sp³-hybridized carbons (Fsp3) is 0.185. The Bertz CT molecular complexity index is 1460. The van der Waals surface area contributed by atoms with Crippen molar-refractivity contribution in [2.75, 3.05) is 0 Å². The normalized spacial score (nSPS) is 23.8. The molecule has 1 spiro atoms. The number of ether oxygens (including phenoxy) is 2. The van der Waals surface area contributed by atoms with Crippen LogP contribution in [0.3, 0.4) is 0 Å². The Morgan fingerprint density at radius 2 is 1.50 bits per heavy atom. The van der Waals surface area contributed by atoms with Crippen molar-refractivity contribution in [2.24, 2.45) is 5.92 Å². The second-order valence-corrected chi connectivity index (χ2v) is 8.97. The van der Waals surface area contributed by atoms with Crippen LogP contribution in [-0.4, -0.2) is 26.6 Å². The predicted molar refractivity (Wildman–Crippen MR) is 134 cm³/mol. The fourth-order valence-electron chi connectivity index (χ4n) is 4.78. The monoisotopic (exact) mass is 515 g/mol. The smallest absolute Gasteiger partial charge is 0.418 e. The van der Waals surface area contributed by atoms with Gasteiger partial charge in [-0.3, -0.25) is 30.3 Å². The van der Waals surface area contributed by atoms with Crippen molar-refractivity contribution in [1.82, 2.24) is 0 Å². The van der Waals surface area contributed by atoms with E-state index in [1.807, 2.05) is 72.8 Å². The van der Waals surface area contributed by atoms with Crippen molar-refractivity contribution in [3.05, 3.63) is 161 Å². The van der Waals surface area contributed by atoms with Gasteiger partial charge in [-0.15, -0.1) is 0 Å². The van der Waals surface area contributed by atoms with E-state index in [-0.39, 0.29) is 11.5 Å². The quantitative estimate of drug-likeness (QED) is 0.386. The highest BCUT2D eigenvalue weighted by Crippen LogP contribution is 2.49. The molecule has 192 valence electrons. The molecule has 5 rings (SSSR count). The fourth-order valence-corrected chi connectivity index (χ4v) is 4.78. The van der Waals surface area contributed by atoms with Crippen LogP contribution >= 0.6 is 0 Å². The van der Waals surface area contributed by atoms with Gasteiger partial charge in [-0.05, 0) is 17.5 Å². The Morgan fingerprint density at radius 1 is 0.842 bits per heavy atom. The third kappa shape index (κ3) is 4.45. The van der Waals surface area contributed by atoms with E-state index in [9.17, 15) is 30.3 Å². The van der Waals surface area contributed by atoms with Crippen LogP contribution in [-0.2, 0) is 22.3 Å². The third-order valence-electron chi connectivity index (χ3n) is 6.54. The number of rotatable bonds is 7. The third-order valence-corrected chi connectivity index (χ3v) is 6.54. The summed E-state index contributed by atoms with van der Waals surface area (Å²) in [4.78, 5) is 33.0. The molecule has 2 aliphatic carbocycles. The minimum Gasteiger partial charge on any atom is -0.438 e. The summed E-state index contributed by atoms with van der Waals surface area (Å²) in [5, 5.41) is 35.7. The van der Waals surface area contributed by atoms with E-state index in [1.165, 1.54) is 0 Å². The SMILES string of the molecule is O=[N+]([O-])C1=CC([N+](=O)[O-])C2(OC3=C(O2)C(Cc2ccccc2)C=CC=C3Cc2ccccc2)C([N+](=O)[O-])=C1. The van der Waals surface area contributed by atoms with Crippen LogP contribution in [0, 0.1) is 36.3 Å². The number of nitrogens with zero attached hydrogens (tertiary/aromatic N) is 3. The van der Waals surface area contributed by atoms with Gasteiger partial charge >= 0.3 is 17.5 Å². The van der Waals surface area contributed by atoms with Crippen molar-refractivity contribution >= 4 is 0 Å². The van der Waals surface area contributed by atoms with Crippen LogP contribution in [0.1, 0.15) is 11.1 Å². The van der Waals surface area contributed by atoms with Gasteiger partial charge in [0.25, 0.3) is 5.70 Å². The van der Waals surface area contributed by atoms with Gasteiger partial charge in [0, 0.05) is 22.8 Å². The molecule has 3 unspecified atom stereocenters. The van der Waals surface area contributed by atoms with Gasteiger partial charge in [0.05, 0.1) is 22.0 Å². The minimum atomic E-state index is -2.52. The Labute approximate surface area is 216 Å². The first-order valence-electron chi connectivity index (χ1n) is 11.7. The topological polar surface area (TPSA) is 148 Å². The molecule has 0 saturated heterocycles. The molecular weight excluding hydrogens is 494 g/mol. The number of allylic oxidation sites excluding steroid dienone is 5. The van der Waals surface area contributed by atoms with E-state index in [2.05, 4.69) is 0 Å². The first-order valence-corrected chi connectivity index (χ1v) is 11.7. The first kappa shape index (κ1) is 24.6. The average molecular weight is 515 g/mol. The molecule has 38 heavy (non-hydrogen) atoms. The Morgan fingerprint density at radius 3 is 2.11 bits per heavy atom. The standard InChI is InChI=1S/C27H21N3O8/c31-28(32)22-16-23(29(33)34)27(24(17-22)30(35)36)37-25-20(14-18-8-3-1-4-9-18)12-7-13-21(26(25)38-27)15-19-10-5-2-6-11-19/h1-13,16-17,20,23H,14-15H2. The molecule has 11 heteroatoms. The second kappa shape index (κ2) is 9.77. The zero-order valence-electron chi connectivity index (χ0n) is 19.8. The summed E-state index contributed by atoms with van der Waals surface area (Å²) >= 11 is 0. The molecule has 0 amide bonds. The van der Waals surface area contributed by atoms with E-state index in [0.717, 1.165) is 17.2 Å². The molecule has 3 atom stereocenters. The molecule has 0 bridgehead atoms. The highest BCUT2D eigenvalue weighted by molar-refractivity contribution is 5.45. The van der Waals surface area contributed by atoms with E-state index in [0.29, 0.717) is 24.5 Å². The van der Waals surface area contributed by atoms with Crippen LogP contribution in [0.4, 0.5) is 0 Å². The maximum Gasteiger partial charge on any atom is 0.418 e. The van der Waals surface area contributed by atoms with Crippen LogP contribution in [0.15, 0.2) is 120 Å². The van der Waals surface area contributed by atoms with Gasteiger partial charge in [0.1, 0.15) is 0 Å². The van der Waals surface area contributed by atoms with Crippen molar-refractivity contribution in [3.8, 4) is 0 Å². The molecule has 0 aromatic heterocycles. The lowest BCUT2D eigenvalue weighted by Gasteiger charge is -2.29.